The number of hydrogen-bond donors (Lipinski definition) is 2. The maximum atomic E-state index is 11.5. The minimum atomic E-state index is -0.332. The van der Waals surface area contributed by atoms with Crippen molar-refractivity contribution >= 4 is 17.6 Å². The van der Waals surface area contributed by atoms with Crippen LogP contribution in [0.3, 0.4) is 0 Å². The molecule has 0 aliphatic rings. The van der Waals surface area contributed by atoms with E-state index in [4.69, 9.17) is 9.47 Å². The molecule has 2 N–H and O–H groups in total. The van der Waals surface area contributed by atoms with Gasteiger partial charge in [-0.1, -0.05) is 0 Å². The monoisotopic (exact) mass is 294 g/mol. The van der Waals surface area contributed by atoms with Crippen LogP contribution < -0.4 is 10.6 Å². The number of methoxy groups -OCH3 is 1. The van der Waals surface area contributed by atoms with Crippen LogP contribution in [0.5, 0.6) is 0 Å². The Kier molecular flexibility index (Phi) is 7.89. The number of hydrogen-bond acceptors (Lipinski definition) is 5. The summed E-state index contributed by atoms with van der Waals surface area (Å²) in [5, 5.41) is 5.86. The van der Waals surface area contributed by atoms with Crippen LogP contribution in [0, 0.1) is 0 Å². The molecule has 6 nitrogen and oxygen atoms in total. The first kappa shape index (κ1) is 17.0. The predicted molar refractivity (Wildman–Crippen MR) is 80.4 cm³/mol. The third-order valence-electron chi connectivity index (χ3n) is 2.71. The van der Waals surface area contributed by atoms with Crippen molar-refractivity contribution in [3.63, 3.8) is 0 Å². The molecule has 0 aliphatic heterocycles. The highest BCUT2D eigenvalue weighted by molar-refractivity contribution is 5.89. The van der Waals surface area contributed by atoms with Crippen LogP contribution in [0.15, 0.2) is 24.3 Å². The summed E-state index contributed by atoms with van der Waals surface area (Å²) in [4.78, 5) is 22.9. The number of nitrogens with one attached hydrogen (secondary N) is 2. The lowest BCUT2D eigenvalue weighted by molar-refractivity contribution is -0.121. The van der Waals surface area contributed by atoms with Gasteiger partial charge in [0, 0.05) is 32.3 Å². The quantitative estimate of drug-likeness (QED) is 0.532. The Morgan fingerprint density at radius 1 is 1.14 bits per heavy atom. The highest BCUT2D eigenvalue weighted by Gasteiger charge is 2.05. The SMILES string of the molecule is CCOC(=O)c1ccc(NCCC(=O)NCCOC)cc1. The fraction of sp³-hybridized carbons (Fsp3) is 0.467. The predicted octanol–water partition coefficient (Wildman–Crippen LogP) is 1.43. The van der Waals surface area contributed by atoms with Crippen molar-refractivity contribution in [3.05, 3.63) is 29.8 Å². The van der Waals surface area contributed by atoms with E-state index in [1.165, 1.54) is 0 Å². The van der Waals surface area contributed by atoms with Gasteiger partial charge in [0.05, 0.1) is 18.8 Å². The lowest BCUT2D eigenvalue weighted by atomic mass is 10.2. The second kappa shape index (κ2) is 9.77. The first-order valence-electron chi connectivity index (χ1n) is 6.94. The van der Waals surface area contributed by atoms with Crippen molar-refractivity contribution in [2.75, 3.05) is 38.7 Å². The van der Waals surface area contributed by atoms with Gasteiger partial charge in [0.25, 0.3) is 0 Å². The summed E-state index contributed by atoms with van der Waals surface area (Å²) < 4.78 is 9.75. The van der Waals surface area contributed by atoms with Crippen molar-refractivity contribution in [1.29, 1.82) is 0 Å². The molecule has 0 fully saturated rings. The Labute approximate surface area is 124 Å². The van der Waals surface area contributed by atoms with Gasteiger partial charge < -0.3 is 20.1 Å². The summed E-state index contributed by atoms with van der Waals surface area (Å²) in [6.07, 6.45) is 0.378. The Bertz CT molecular complexity index is 445. The van der Waals surface area contributed by atoms with Crippen molar-refractivity contribution in [2.45, 2.75) is 13.3 Å². The second-order valence-corrected chi connectivity index (χ2v) is 4.32. The molecule has 6 heteroatoms. The van der Waals surface area contributed by atoms with E-state index in [2.05, 4.69) is 10.6 Å². The zero-order valence-corrected chi connectivity index (χ0v) is 12.5. The molecular weight excluding hydrogens is 272 g/mol. The van der Waals surface area contributed by atoms with E-state index in [0.717, 1.165) is 5.69 Å². The molecule has 0 radical (unpaired) electrons. The standard InChI is InChI=1S/C15H22N2O4/c1-3-21-15(19)12-4-6-13(7-5-12)16-9-8-14(18)17-10-11-20-2/h4-7,16H,3,8-11H2,1-2H3,(H,17,18). The van der Waals surface area contributed by atoms with E-state index < -0.39 is 0 Å². The zero-order valence-electron chi connectivity index (χ0n) is 12.5. The summed E-state index contributed by atoms with van der Waals surface area (Å²) in [7, 11) is 1.59. The first-order chi connectivity index (χ1) is 10.2. The van der Waals surface area contributed by atoms with E-state index in [1.807, 2.05) is 0 Å². The Morgan fingerprint density at radius 3 is 2.48 bits per heavy atom. The molecule has 0 aromatic heterocycles. The van der Waals surface area contributed by atoms with Gasteiger partial charge in [0.2, 0.25) is 5.91 Å². The van der Waals surface area contributed by atoms with Gasteiger partial charge in [-0.2, -0.15) is 0 Å². The largest absolute Gasteiger partial charge is 0.462 e. The van der Waals surface area contributed by atoms with Crippen molar-refractivity contribution < 1.29 is 19.1 Å². The number of anilines is 1. The lowest BCUT2D eigenvalue weighted by Crippen LogP contribution is -2.28. The number of carbonyl (C=O) groups excluding carboxylic acids is 2. The highest BCUT2D eigenvalue weighted by atomic mass is 16.5. The fourth-order valence-corrected chi connectivity index (χ4v) is 1.64. The average Bonchev–Trinajstić information content (AvgIpc) is 2.48. The molecule has 0 atom stereocenters. The summed E-state index contributed by atoms with van der Waals surface area (Å²) in [5.74, 6) is -0.357. The number of rotatable bonds is 9. The molecule has 0 saturated heterocycles. The molecule has 0 aliphatic carbocycles. The van der Waals surface area contributed by atoms with E-state index >= 15 is 0 Å². The van der Waals surface area contributed by atoms with Crippen LogP contribution >= 0.6 is 0 Å². The van der Waals surface area contributed by atoms with Crippen LogP contribution in [-0.4, -0.2) is 45.3 Å². The smallest absolute Gasteiger partial charge is 0.338 e. The van der Waals surface area contributed by atoms with Gasteiger partial charge in [-0.3, -0.25) is 4.79 Å². The van der Waals surface area contributed by atoms with E-state index in [9.17, 15) is 9.59 Å². The Balaban J connectivity index is 2.29. The first-order valence-corrected chi connectivity index (χ1v) is 6.94. The summed E-state index contributed by atoms with van der Waals surface area (Å²) >= 11 is 0. The topological polar surface area (TPSA) is 76.7 Å². The zero-order chi connectivity index (χ0) is 15.5. The Morgan fingerprint density at radius 2 is 1.86 bits per heavy atom. The van der Waals surface area contributed by atoms with E-state index in [1.54, 1.807) is 38.3 Å². The van der Waals surface area contributed by atoms with E-state index in [0.29, 0.717) is 38.3 Å². The van der Waals surface area contributed by atoms with Crippen molar-refractivity contribution in [2.24, 2.45) is 0 Å². The highest BCUT2D eigenvalue weighted by Crippen LogP contribution is 2.10. The third kappa shape index (κ3) is 6.76. The molecule has 0 unspecified atom stereocenters. The summed E-state index contributed by atoms with van der Waals surface area (Å²) in [6.45, 7) is 3.68. The molecule has 0 spiro atoms. The molecule has 1 aromatic carbocycles. The Hall–Kier alpha value is -2.08. The van der Waals surface area contributed by atoms with Gasteiger partial charge in [-0.15, -0.1) is 0 Å². The normalized spacial score (nSPS) is 10.0. The maximum absolute atomic E-state index is 11.5. The molecule has 0 saturated carbocycles. The number of amides is 1. The molecule has 21 heavy (non-hydrogen) atoms. The molecule has 1 aromatic rings. The lowest BCUT2D eigenvalue weighted by Gasteiger charge is -2.08. The van der Waals surface area contributed by atoms with Gasteiger partial charge >= 0.3 is 5.97 Å². The molecule has 116 valence electrons. The van der Waals surface area contributed by atoms with E-state index in [-0.39, 0.29) is 11.9 Å². The average molecular weight is 294 g/mol. The minimum Gasteiger partial charge on any atom is -0.462 e. The molecule has 1 amide bonds. The fourth-order valence-electron chi connectivity index (χ4n) is 1.64. The number of esters is 1. The van der Waals surface area contributed by atoms with Crippen LogP contribution in [0.2, 0.25) is 0 Å². The van der Waals surface area contributed by atoms with Gasteiger partial charge in [0.1, 0.15) is 0 Å². The van der Waals surface area contributed by atoms with Crippen molar-refractivity contribution in [1.82, 2.24) is 5.32 Å². The van der Waals surface area contributed by atoms with Crippen molar-refractivity contribution in [3.8, 4) is 0 Å². The molecule has 0 heterocycles. The van der Waals surface area contributed by atoms with Crippen LogP contribution in [-0.2, 0) is 14.3 Å². The third-order valence-corrected chi connectivity index (χ3v) is 2.71. The summed E-state index contributed by atoms with van der Waals surface area (Å²) in [5.41, 5.74) is 1.37. The van der Waals surface area contributed by atoms with Gasteiger partial charge in [0.15, 0.2) is 0 Å². The maximum Gasteiger partial charge on any atom is 0.338 e. The molecule has 1 rings (SSSR count). The molecular formula is C15H22N2O4. The number of benzene rings is 1. The minimum absolute atomic E-state index is 0.0253. The van der Waals surface area contributed by atoms with Gasteiger partial charge in [-0.05, 0) is 31.2 Å². The van der Waals surface area contributed by atoms with Gasteiger partial charge in [-0.25, -0.2) is 4.79 Å². The van der Waals surface area contributed by atoms with Crippen LogP contribution in [0.4, 0.5) is 5.69 Å². The second-order valence-electron chi connectivity index (χ2n) is 4.32. The number of ether oxygens (including phenoxy) is 2. The van der Waals surface area contributed by atoms with Crippen LogP contribution in [0.25, 0.3) is 0 Å². The molecule has 0 bridgehead atoms. The number of carbonyl (C=O) groups is 2. The van der Waals surface area contributed by atoms with Crippen LogP contribution in [0.1, 0.15) is 23.7 Å². The summed E-state index contributed by atoms with van der Waals surface area (Å²) in [6, 6.07) is 6.96.